The zero-order valence-electron chi connectivity index (χ0n) is 12.4. The Morgan fingerprint density at radius 3 is 2.18 bits per heavy atom. The van der Waals surface area contributed by atoms with Gasteiger partial charge in [-0.25, -0.2) is 4.39 Å². The maximum Gasteiger partial charge on any atom is 0.246 e. The summed E-state index contributed by atoms with van der Waals surface area (Å²) in [4.78, 5) is 27.7. The third kappa shape index (κ3) is 3.53. The molecule has 116 valence electrons. The van der Waals surface area contributed by atoms with Crippen molar-refractivity contribution in [3.63, 3.8) is 0 Å². The van der Waals surface area contributed by atoms with Crippen molar-refractivity contribution in [1.82, 2.24) is 9.80 Å². The summed E-state index contributed by atoms with van der Waals surface area (Å²) in [5.41, 5.74) is 0.789. The van der Waals surface area contributed by atoms with Crippen LogP contribution in [0.2, 0.25) is 0 Å². The van der Waals surface area contributed by atoms with Crippen molar-refractivity contribution < 1.29 is 14.0 Å². The monoisotopic (exact) mass is 302 g/mol. The second-order valence-corrected chi connectivity index (χ2v) is 5.81. The Morgan fingerprint density at radius 1 is 1.00 bits per heavy atom. The molecule has 1 saturated carbocycles. The van der Waals surface area contributed by atoms with E-state index in [1.807, 2.05) is 4.90 Å². The van der Waals surface area contributed by atoms with Crippen molar-refractivity contribution in [1.29, 1.82) is 0 Å². The number of halogens is 1. The molecule has 0 atom stereocenters. The van der Waals surface area contributed by atoms with Crippen LogP contribution in [0.5, 0.6) is 0 Å². The van der Waals surface area contributed by atoms with Gasteiger partial charge in [-0.1, -0.05) is 12.1 Å². The maximum atomic E-state index is 12.8. The lowest BCUT2D eigenvalue weighted by Crippen LogP contribution is -2.50. The van der Waals surface area contributed by atoms with Crippen molar-refractivity contribution in [2.45, 2.75) is 12.8 Å². The lowest BCUT2D eigenvalue weighted by Gasteiger charge is -2.34. The topological polar surface area (TPSA) is 40.6 Å². The van der Waals surface area contributed by atoms with Gasteiger partial charge in [-0.3, -0.25) is 9.59 Å². The number of hydrogen-bond donors (Lipinski definition) is 0. The molecule has 1 heterocycles. The van der Waals surface area contributed by atoms with E-state index >= 15 is 0 Å². The second kappa shape index (κ2) is 6.30. The smallest absolute Gasteiger partial charge is 0.246 e. The Bertz CT molecular complexity index is 585. The molecule has 22 heavy (non-hydrogen) atoms. The van der Waals surface area contributed by atoms with Crippen molar-refractivity contribution in [2.24, 2.45) is 5.92 Å². The molecule has 0 N–H and O–H groups in total. The molecule has 2 fully saturated rings. The van der Waals surface area contributed by atoms with Gasteiger partial charge >= 0.3 is 0 Å². The van der Waals surface area contributed by atoms with Crippen LogP contribution < -0.4 is 0 Å². The SMILES string of the molecule is O=C(/C=C/c1ccc(F)cc1)N1CCN(C(=O)C2CC2)CC1. The van der Waals surface area contributed by atoms with Gasteiger partial charge in [-0.05, 0) is 36.6 Å². The lowest BCUT2D eigenvalue weighted by molar-refractivity contribution is -0.138. The molecule has 1 aliphatic heterocycles. The number of nitrogens with zero attached hydrogens (tertiary/aromatic N) is 2. The molecule has 2 aliphatic rings. The molecule has 1 aliphatic carbocycles. The Balaban J connectivity index is 1.51. The summed E-state index contributed by atoms with van der Waals surface area (Å²) in [6.07, 6.45) is 5.21. The summed E-state index contributed by atoms with van der Waals surface area (Å²) >= 11 is 0. The number of carbonyl (C=O) groups is 2. The Kier molecular flexibility index (Phi) is 4.22. The second-order valence-electron chi connectivity index (χ2n) is 5.81. The van der Waals surface area contributed by atoms with Gasteiger partial charge < -0.3 is 9.80 Å². The van der Waals surface area contributed by atoms with Gasteiger partial charge in [0.2, 0.25) is 11.8 Å². The van der Waals surface area contributed by atoms with E-state index in [1.54, 1.807) is 23.1 Å². The standard InChI is InChI=1S/C17H19FN2O2/c18-15-6-1-13(2-7-15)3-8-16(21)19-9-11-20(12-10-19)17(22)14-4-5-14/h1-3,6-8,14H,4-5,9-12H2/b8-3+. The van der Waals surface area contributed by atoms with Crippen LogP contribution >= 0.6 is 0 Å². The maximum absolute atomic E-state index is 12.8. The highest BCUT2D eigenvalue weighted by Gasteiger charge is 2.34. The van der Waals surface area contributed by atoms with Gasteiger partial charge in [0, 0.05) is 38.2 Å². The Hall–Kier alpha value is -2.17. The fourth-order valence-corrected chi connectivity index (χ4v) is 2.58. The molecule has 3 rings (SSSR count). The molecule has 0 radical (unpaired) electrons. The largest absolute Gasteiger partial charge is 0.339 e. The number of carbonyl (C=O) groups excluding carboxylic acids is 2. The van der Waals surface area contributed by atoms with Crippen LogP contribution in [0.3, 0.4) is 0 Å². The van der Waals surface area contributed by atoms with Crippen molar-refractivity contribution >= 4 is 17.9 Å². The van der Waals surface area contributed by atoms with E-state index in [-0.39, 0.29) is 23.5 Å². The summed E-state index contributed by atoms with van der Waals surface area (Å²) in [5.74, 6) is 0.123. The summed E-state index contributed by atoms with van der Waals surface area (Å²) in [5, 5.41) is 0. The minimum Gasteiger partial charge on any atom is -0.339 e. The average Bonchev–Trinajstić information content (AvgIpc) is 3.38. The zero-order valence-corrected chi connectivity index (χ0v) is 12.4. The molecule has 0 unspecified atom stereocenters. The highest BCUT2D eigenvalue weighted by molar-refractivity contribution is 5.92. The summed E-state index contributed by atoms with van der Waals surface area (Å²) in [6.45, 7) is 2.38. The van der Waals surface area contributed by atoms with Gasteiger partial charge in [0.25, 0.3) is 0 Å². The van der Waals surface area contributed by atoms with Crippen LogP contribution in [0, 0.1) is 11.7 Å². The fourth-order valence-electron chi connectivity index (χ4n) is 2.58. The molecule has 5 heteroatoms. The molecule has 2 amide bonds. The number of rotatable bonds is 3. The van der Waals surface area contributed by atoms with Gasteiger partial charge in [0.05, 0.1) is 0 Å². The first-order chi connectivity index (χ1) is 10.6. The van der Waals surface area contributed by atoms with E-state index in [0.717, 1.165) is 18.4 Å². The minimum atomic E-state index is -0.292. The van der Waals surface area contributed by atoms with Gasteiger partial charge in [-0.15, -0.1) is 0 Å². The van der Waals surface area contributed by atoms with Gasteiger partial charge in [0.1, 0.15) is 5.82 Å². The predicted octanol–water partition coefficient (Wildman–Crippen LogP) is 1.92. The van der Waals surface area contributed by atoms with Crippen LogP contribution in [-0.2, 0) is 9.59 Å². The molecule has 0 bridgehead atoms. The first-order valence-electron chi connectivity index (χ1n) is 7.65. The number of benzene rings is 1. The summed E-state index contributed by atoms with van der Waals surface area (Å²) in [6, 6.07) is 6.00. The van der Waals surface area contributed by atoms with Gasteiger partial charge in [0.15, 0.2) is 0 Å². The van der Waals surface area contributed by atoms with Crippen molar-refractivity contribution in [3.8, 4) is 0 Å². The van der Waals surface area contributed by atoms with Crippen LogP contribution in [0.1, 0.15) is 18.4 Å². The number of amides is 2. The van der Waals surface area contributed by atoms with E-state index in [9.17, 15) is 14.0 Å². The van der Waals surface area contributed by atoms with Crippen LogP contribution in [0.25, 0.3) is 6.08 Å². The molecule has 1 saturated heterocycles. The Labute approximate surface area is 129 Å². The molecule has 4 nitrogen and oxygen atoms in total. The van der Waals surface area contributed by atoms with E-state index in [2.05, 4.69) is 0 Å². The lowest BCUT2D eigenvalue weighted by atomic mass is 10.2. The molecule has 1 aromatic rings. The molecular formula is C17H19FN2O2. The molecule has 1 aromatic carbocycles. The van der Waals surface area contributed by atoms with E-state index in [1.165, 1.54) is 18.2 Å². The highest BCUT2D eigenvalue weighted by Crippen LogP contribution is 2.31. The quantitative estimate of drug-likeness (QED) is 0.800. The fraction of sp³-hybridized carbons (Fsp3) is 0.412. The van der Waals surface area contributed by atoms with E-state index in [4.69, 9.17) is 0 Å². The highest BCUT2D eigenvalue weighted by atomic mass is 19.1. The zero-order chi connectivity index (χ0) is 15.5. The predicted molar refractivity (Wildman–Crippen MR) is 81.3 cm³/mol. The van der Waals surface area contributed by atoms with Gasteiger partial charge in [-0.2, -0.15) is 0 Å². The summed E-state index contributed by atoms with van der Waals surface area (Å²) in [7, 11) is 0. The molecule has 0 aromatic heterocycles. The molecular weight excluding hydrogens is 283 g/mol. The minimum absolute atomic E-state index is 0.0668. The average molecular weight is 302 g/mol. The first-order valence-corrected chi connectivity index (χ1v) is 7.65. The number of piperazine rings is 1. The van der Waals surface area contributed by atoms with Crippen LogP contribution in [-0.4, -0.2) is 47.8 Å². The van der Waals surface area contributed by atoms with E-state index in [0.29, 0.717) is 26.2 Å². The summed E-state index contributed by atoms with van der Waals surface area (Å²) < 4.78 is 12.8. The van der Waals surface area contributed by atoms with E-state index < -0.39 is 0 Å². The normalized spacial score (nSPS) is 18.8. The van der Waals surface area contributed by atoms with Crippen molar-refractivity contribution in [3.05, 3.63) is 41.7 Å². The Morgan fingerprint density at radius 2 is 1.59 bits per heavy atom. The van der Waals surface area contributed by atoms with Crippen LogP contribution in [0.15, 0.2) is 30.3 Å². The van der Waals surface area contributed by atoms with Crippen LogP contribution in [0.4, 0.5) is 4.39 Å². The van der Waals surface area contributed by atoms with Crippen molar-refractivity contribution in [2.75, 3.05) is 26.2 Å². The number of hydrogen-bond acceptors (Lipinski definition) is 2. The third-order valence-corrected chi connectivity index (χ3v) is 4.12. The molecule has 0 spiro atoms. The first kappa shape index (κ1) is 14.8. The third-order valence-electron chi connectivity index (χ3n) is 4.12.